The Morgan fingerprint density at radius 3 is 2.28 bits per heavy atom. The number of ether oxygens (including phenoxy) is 1. The van der Waals surface area contributed by atoms with Crippen molar-refractivity contribution in [2.45, 2.75) is 6.04 Å². The van der Waals surface area contributed by atoms with Gasteiger partial charge < -0.3 is 9.64 Å². The van der Waals surface area contributed by atoms with Crippen LogP contribution >= 0.6 is 15.9 Å². The number of nitrogens with zero attached hydrogens (tertiary/aromatic N) is 1. The fourth-order valence-electron chi connectivity index (χ4n) is 2.65. The Kier molecular flexibility index (Phi) is 4.96. The number of carbonyl (C=O) groups is 1. The van der Waals surface area contributed by atoms with Crippen molar-refractivity contribution in [3.05, 3.63) is 70.1 Å². The minimum absolute atomic E-state index is 0.124. The van der Waals surface area contributed by atoms with Gasteiger partial charge in [0.1, 0.15) is 5.75 Å². The average molecular weight is 422 g/mol. The van der Waals surface area contributed by atoms with Gasteiger partial charge in [-0.1, -0.05) is 15.9 Å². The third-order valence-corrected chi connectivity index (χ3v) is 5.81. The van der Waals surface area contributed by atoms with E-state index in [9.17, 15) is 13.2 Å². The molecule has 2 aromatic rings. The number of benzene rings is 2. The highest BCUT2D eigenvalue weighted by Gasteiger charge is 2.32. The van der Waals surface area contributed by atoms with Crippen LogP contribution in [0.5, 0.6) is 5.75 Å². The van der Waals surface area contributed by atoms with Gasteiger partial charge in [-0.2, -0.15) is 0 Å². The molecule has 7 heteroatoms. The number of amides is 1. The topological polar surface area (TPSA) is 63.7 Å². The molecule has 0 aliphatic carbocycles. The molecule has 0 spiro atoms. The van der Waals surface area contributed by atoms with Crippen LogP contribution in [0.2, 0.25) is 0 Å². The first kappa shape index (κ1) is 17.7. The molecule has 1 aliphatic heterocycles. The molecule has 2 aromatic carbocycles. The third-order valence-electron chi connectivity index (χ3n) is 3.90. The molecule has 0 bridgehead atoms. The van der Waals surface area contributed by atoms with Gasteiger partial charge in [-0.3, -0.25) is 4.79 Å². The van der Waals surface area contributed by atoms with Crippen LogP contribution < -0.4 is 9.64 Å². The van der Waals surface area contributed by atoms with Crippen LogP contribution in [-0.2, 0) is 9.84 Å². The average Bonchev–Trinajstić information content (AvgIpc) is 2.96. The second-order valence-electron chi connectivity index (χ2n) is 5.61. The Labute approximate surface area is 155 Å². The number of methoxy groups -OCH3 is 1. The third kappa shape index (κ3) is 3.93. The molecule has 0 unspecified atom stereocenters. The fourth-order valence-corrected chi connectivity index (χ4v) is 4.19. The number of anilines is 1. The smallest absolute Gasteiger partial charge is 0.258 e. The highest BCUT2D eigenvalue weighted by Crippen LogP contribution is 2.27. The molecule has 1 heterocycles. The zero-order valence-corrected chi connectivity index (χ0v) is 15.8. The minimum atomic E-state index is -3.29. The maximum absolute atomic E-state index is 13.1. The summed E-state index contributed by atoms with van der Waals surface area (Å²) in [5.41, 5.74) is 1.09. The molecular formula is C18H16BrNO4S. The van der Waals surface area contributed by atoms with Crippen LogP contribution in [0, 0.1) is 0 Å². The lowest BCUT2D eigenvalue weighted by molar-refractivity contribution is 0.0983. The Balaban J connectivity index is 2.00. The van der Waals surface area contributed by atoms with E-state index in [1.165, 1.54) is 10.3 Å². The largest absolute Gasteiger partial charge is 0.497 e. The van der Waals surface area contributed by atoms with E-state index in [1.54, 1.807) is 61.7 Å². The lowest BCUT2D eigenvalue weighted by atomic mass is 10.1. The van der Waals surface area contributed by atoms with Gasteiger partial charge in [-0.25, -0.2) is 8.42 Å². The molecule has 5 nitrogen and oxygen atoms in total. The molecule has 25 heavy (non-hydrogen) atoms. The standard InChI is InChI=1S/C18H16BrNO4S/c1-24-17-8-6-15(7-9-17)20(16-10-11-25(22,23)12-16)18(21)13-2-4-14(19)5-3-13/h2-11,16H,12H2,1H3/t16-/m1/s1. The maximum atomic E-state index is 13.1. The number of rotatable bonds is 4. The summed E-state index contributed by atoms with van der Waals surface area (Å²) in [5, 5.41) is 1.17. The van der Waals surface area contributed by atoms with E-state index in [0.29, 0.717) is 17.0 Å². The van der Waals surface area contributed by atoms with Crippen molar-refractivity contribution in [3.8, 4) is 5.75 Å². The molecule has 0 saturated heterocycles. The van der Waals surface area contributed by atoms with Crippen LogP contribution in [0.1, 0.15) is 10.4 Å². The first-order valence-corrected chi connectivity index (χ1v) is 10.0. The number of hydrogen-bond acceptors (Lipinski definition) is 4. The van der Waals surface area contributed by atoms with E-state index in [0.717, 1.165) is 4.47 Å². The van der Waals surface area contributed by atoms with Crippen molar-refractivity contribution in [2.75, 3.05) is 17.8 Å². The number of carbonyl (C=O) groups excluding carboxylic acids is 1. The van der Waals surface area contributed by atoms with Crippen LogP contribution in [0.25, 0.3) is 0 Å². The first-order chi connectivity index (χ1) is 11.9. The first-order valence-electron chi connectivity index (χ1n) is 7.54. The summed E-state index contributed by atoms with van der Waals surface area (Å²) in [6, 6.07) is 13.4. The second-order valence-corrected chi connectivity index (χ2v) is 8.45. The predicted octanol–water partition coefficient (Wildman–Crippen LogP) is 3.42. The van der Waals surface area contributed by atoms with Gasteiger partial charge >= 0.3 is 0 Å². The summed E-state index contributed by atoms with van der Waals surface area (Å²) in [5.74, 6) is 0.278. The molecule has 3 rings (SSSR count). The van der Waals surface area contributed by atoms with Crippen LogP contribution in [0.4, 0.5) is 5.69 Å². The lowest BCUT2D eigenvalue weighted by Gasteiger charge is -2.28. The minimum Gasteiger partial charge on any atom is -0.497 e. The Bertz CT molecular complexity index is 905. The Hall–Kier alpha value is -2.12. The van der Waals surface area contributed by atoms with Crippen LogP contribution in [0.3, 0.4) is 0 Å². The van der Waals surface area contributed by atoms with Crippen molar-refractivity contribution in [3.63, 3.8) is 0 Å². The molecule has 0 fully saturated rings. The summed E-state index contributed by atoms with van der Waals surface area (Å²) in [6.07, 6.45) is 1.55. The van der Waals surface area contributed by atoms with E-state index in [2.05, 4.69) is 15.9 Å². The molecule has 0 N–H and O–H groups in total. The van der Waals surface area contributed by atoms with Crippen molar-refractivity contribution in [1.82, 2.24) is 0 Å². The van der Waals surface area contributed by atoms with E-state index < -0.39 is 15.9 Å². The Morgan fingerprint density at radius 2 is 1.76 bits per heavy atom. The monoisotopic (exact) mass is 421 g/mol. The normalized spacial score (nSPS) is 18.1. The number of sulfone groups is 1. The van der Waals surface area contributed by atoms with Gasteiger partial charge in [0.2, 0.25) is 0 Å². The second kappa shape index (κ2) is 7.01. The van der Waals surface area contributed by atoms with Gasteiger partial charge in [0.15, 0.2) is 9.84 Å². The molecule has 1 atom stereocenters. The van der Waals surface area contributed by atoms with Crippen molar-refractivity contribution in [2.24, 2.45) is 0 Å². The SMILES string of the molecule is COc1ccc(N(C(=O)c2ccc(Br)cc2)[C@@H]2C=CS(=O)(=O)C2)cc1. The maximum Gasteiger partial charge on any atom is 0.258 e. The van der Waals surface area contributed by atoms with E-state index in [4.69, 9.17) is 4.74 Å². The van der Waals surface area contributed by atoms with Gasteiger partial charge in [0, 0.05) is 21.1 Å². The molecular weight excluding hydrogens is 406 g/mol. The van der Waals surface area contributed by atoms with Crippen molar-refractivity contribution in [1.29, 1.82) is 0 Å². The summed E-state index contributed by atoms with van der Waals surface area (Å²) >= 11 is 3.34. The van der Waals surface area contributed by atoms with Gasteiger partial charge in [-0.05, 0) is 54.6 Å². The molecule has 130 valence electrons. The molecule has 0 aromatic heterocycles. The molecule has 0 saturated carbocycles. The van der Waals surface area contributed by atoms with E-state index in [-0.39, 0.29) is 11.7 Å². The van der Waals surface area contributed by atoms with Gasteiger partial charge in [-0.15, -0.1) is 0 Å². The lowest BCUT2D eigenvalue weighted by Crippen LogP contribution is -2.41. The number of hydrogen-bond donors (Lipinski definition) is 0. The van der Waals surface area contributed by atoms with Crippen LogP contribution in [0.15, 0.2) is 64.5 Å². The predicted molar refractivity (Wildman–Crippen MR) is 101 cm³/mol. The molecule has 1 aliphatic rings. The fraction of sp³-hybridized carbons (Fsp3) is 0.167. The van der Waals surface area contributed by atoms with E-state index >= 15 is 0 Å². The summed E-state index contributed by atoms with van der Waals surface area (Å²) in [6.45, 7) is 0. The summed E-state index contributed by atoms with van der Waals surface area (Å²) in [4.78, 5) is 14.6. The van der Waals surface area contributed by atoms with Gasteiger partial charge in [0.05, 0.1) is 18.9 Å². The zero-order valence-electron chi connectivity index (χ0n) is 13.4. The van der Waals surface area contributed by atoms with Crippen LogP contribution in [-0.4, -0.2) is 33.2 Å². The highest BCUT2D eigenvalue weighted by molar-refractivity contribution is 9.10. The van der Waals surface area contributed by atoms with Crippen molar-refractivity contribution >= 4 is 37.4 Å². The summed E-state index contributed by atoms with van der Waals surface area (Å²) < 4.78 is 29.7. The Morgan fingerprint density at radius 1 is 1.12 bits per heavy atom. The summed E-state index contributed by atoms with van der Waals surface area (Å²) in [7, 11) is -1.73. The van der Waals surface area contributed by atoms with E-state index in [1.807, 2.05) is 0 Å². The van der Waals surface area contributed by atoms with Crippen molar-refractivity contribution < 1.29 is 17.9 Å². The quantitative estimate of drug-likeness (QED) is 0.758. The number of halogens is 1. The molecule has 1 amide bonds. The zero-order chi connectivity index (χ0) is 18.0. The van der Waals surface area contributed by atoms with Gasteiger partial charge in [0.25, 0.3) is 5.91 Å². The highest BCUT2D eigenvalue weighted by atomic mass is 79.9. The molecule has 0 radical (unpaired) electrons.